The maximum absolute atomic E-state index is 12.9. The molecule has 0 spiro atoms. The number of hydrogen-bond acceptors (Lipinski definition) is 6. The molecule has 0 saturated heterocycles. The molecule has 0 bridgehead atoms. The fraction of sp³-hybridized carbons (Fsp3) is 0.364. The van der Waals surface area contributed by atoms with Gasteiger partial charge in [0.05, 0.1) is 39.9 Å². The molecule has 1 amide bonds. The van der Waals surface area contributed by atoms with Gasteiger partial charge in [0.15, 0.2) is 11.5 Å². The largest absolute Gasteiger partial charge is 0.493 e. The molecule has 0 radical (unpaired) electrons. The number of hydrogen-bond donors (Lipinski definition) is 2. The maximum atomic E-state index is 12.9. The quantitative estimate of drug-likeness (QED) is 0.610. The SMILES string of the molecule is COc1cc(C(=O)NC(CC(=O)O)c2ccc(OC(C)C)cc2)cc(OC)c1OC. The first kappa shape index (κ1) is 22.9. The van der Waals surface area contributed by atoms with E-state index in [9.17, 15) is 14.7 Å². The summed E-state index contributed by atoms with van der Waals surface area (Å²) in [6.45, 7) is 3.83. The number of carboxylic acid groups (broad SMARTS) is 1. The third-order valence-electron chi connectivity index (χ3n) is 4.27. The van der Waals surface area contributed by atoms with Crippen molar-refractivity contribution in [2.75, 3.05) is 21.3 Å². The second-order valence-corrected chi connectivity index (χ2v) is 6.77. The summed E-state index contributed by atoms with van der Waals surface area (Å²) in [7, 11) is 4.37. The average molecular weight is 417 g/mol. The highest BCUT2D eigenvalue weighted by Gasteiger charge is 2.22. The second-order valence-electron chi connectivity index (χ2n) is 6.77. The van der Waals surface area contributed by atoms with Crippen LogP contribution in [0.25, 0.3) is 0 Å². The van der Waals surface area contributed by atoms with E-state index in [1.165, 1.54) is 33.5 Å². The highest BCUT2D eigenvalue weighted by atomic mass is 16.5. The Morgan fingerprint density at radius 3 is 1.97 bits per heavy atom. The predicted octanol–water partition coefficient (Wildman–Crippen LogP) is 3.45. The first-order valence-electron chi connectivity index (χ1n) is 9.38. The van der Waals surface area contributed by atoms with Gasteiger partial charge in [0.1, 0.15) is 5.75 Å². The summed E-state index contributed by atoms with van der Waals surface area (Å²) in [4.78, 5) is 24.2. The van der Waals surface area contributed by atoms with Gasteiger partial charge in [-0.25, -0.2) is 0 Å². The average Bonchev–Trinajstić information content (AvgIpc) is 2.71. The molecule has 2 rings (SSSR count). The molecular formula is C22H27NO7. The van der Waals surface area contributed by atoms with E-state index in [1.807, 2.05) is 13.8 Å². The number of carbonyl (C=O) groups excluding carboxylic acids is 1. The summed E-state index contributed by atoms with van der Waals surface area (Å²) in [6, 6.07) is 9.25. The van der Waals surface area contributed by atoms with E-state index in [2.05, 4.69) is 5.32 Å². The predicted molar refractivity (Wildman–Crippen MR) is 111 cm³/mol. The van der Waals surface area contributed by atoms with Crippen LogP contribution in [-0.4, -0.2) is 44.4 Å². The normalized spacial score (nSPS) is 11.5. The summed E-state index contributed by atoms with van der Waals surface area (Å²) in [5.41, 5.74) is 0.897. The van der Waals surface area contributed by atoms with Crippen molar-refractivity contribution >= 4 is 11.9 Å². The van der Waals surface area contributed by atoms with Crippen molar-refractivity contribution in [1.29, 1.82) is 0 Å². The number of rotatable bonds is 10. The second kappa shape index (κ2) is 10.4. The molecule has 0 aliphatic rings. The lowest BCUT2D eigenvalue weighted by Gasteiger charge is -2.19. The summed E-state index contributed by atoms with van der Waals surface area (Å²) in [5.74, 6) is 0.174. The minimum atomic E-state index is -1.03. The van der Waals surface area contributed by atoms with Gasteiger partial charge in [0, 0.05) is 5.56 Å². The van der Waals surface area contributed by atoms with Crippen LogP contribution in [0, 0.1) is 0 Å². The van der Waals surface area contributed by atoms with Crippen LogP contribution in [-0.2, 0) is 4.79 Å². The van der Waals surface area contributed by atoms with E-state index in [0.717, 1.165) is 0 Å². The first-order valence-corrected chi connectivity index (χ1v) is 9.38. The van der Waals surface area contributed by atoms with Crippen molar-refractivity contribution < 1.29 is 33.6 Å². The number of aliphatic carboxylic acids is 1. The topological polar surface area (TPSA) is 103 Å². The number of carboxylic acids is 1. The fourth-order valence-corrected chi connectivity index (χ4v) is 2.93. The Hall–Kier alpha value is -3.42. The zero-order valence-corrected chi connectivity index (χ0v) is 17.7. The molecule has 0 aliphatic heterocycles. The van der Waals surface area contributed by atoms with E-state index in [0.29, 0.717) is 28.6 Å². The Morgan fingerprint density at radius 1 is 0.967 bits per heavy atom. The van der Waals surface area contributed by atoms with E-state index in [4.69, 9.17) is 18.9 Å². The van der Waals surface area contributed by atoms with Gasteiger partial charge in [-0.05, 0) is 43.7 Å². The summed E-state index contributed by atoms with van der Waals surface area (Å²) in [6.07, 6.45) is -0.258. The summed E-state index contributed by atoms with van der Waals surface area (Å²) >= 11 is 0. The van der Waals surface area contributed by atoms with Crippen molar-refractivity contribution in [3.8, 4) is 23.0 Å². The number of methoxy groups -OCH3 is 3. The molecule has 0 aromatic heterocycles. The van der Waals surface area contributed by atoms with Gasteiger partial charge in [-0.1, -0.05) is 12.1 Å². The molecule has 0 heterocycles. The number of benzene rings is 2. The molecule has 1 atom stereocenters. The minimum absolute atomic E-state index is 0.0189. The third kappa shape index (κ3) is 5.79. The molecule has 30 heavy (non-hydrogen) atoms. The van der Waals surface area contributed by atoms with Gasteiger partial charge in [0.25, 0.3) is 5.91 Å². The van der Waals surface area contributed by atoms with Gasteiger partial charge in [-0.3, -0.25) is 9.59 Å². The van der Waals surface area contributed by atoms with Gasteiger partial charge in [-0.15, -0.1) is 0 Å². The Kier molecular flexibility index (Phi) is 7.91. The zero-order valence-electron chi connectivity index (χ0n) is 17.7. The van der Waals surface area contributed by atoms with Crippen LogP contribution in [0.15, 0.2) is 36.4 Å². The van der Waals surface area contributed by atoms with Gasteiger partial charge < -0.3 is 29.4 Å². The molecule has 162 valence electrons. The van der Waals surface area contributed by atoms with E-state index < -0.39 is 17.9 Å². The molecule has 0 fully saturated rings. The lowest BCUT2D eigenvalue weighted by molar-refractivity contribution is -0.137. The molecule has 1 unspecified atom stereocenters. The fourth-order valence-electron chi connectivity index (χ4n) is 2.93. The maximum Gasteiger partial charge on any atom is 0.305 e. The summed E-state index contributed by atoms with van der Waals surface area (Å²) in [5, 5.41) is 12.1. The zero-order chi connectivity index (χ0) is 22.3. The van der Waals surface area contributed by atoms with Crippen molar-refractivity contribution in [3.63, 3.8) is 0 Å². The third-order valence-corrected chi connectivity index (χ3v) is 4.27. The Bertz CT molecular complexity index is 853. The van der Waals surface area contributed by atoms with Crippen LogP contribution in [0.5, 0.6) is 23.0 Å². The van der Waals surface area contributed by atoms with Crippen molar-refractivity contribution in [3.05, 3.63) is 47.5 Å². The Balaban J connectivity index is 2.30. The van der Waals surface area contributed by atoms with Crippen LogP contribution in [0.3, 0.4) is 0 Å². The molecule has 2 aromatic rings. The Labute approximate surface area is 175 Å². The number of nitrogens with one attached hydrogen (secondary N) is 1. The van der Waals surface area contributed by atoms with Crippen LogP contribution in [0.4, 0.5) is 0 Å². The van der Waals surface area contributed by atoms with Crippen molar-refractivity contribution in [2.45, 2.75) is 32.4 Å². The van der Waals surface area contributed by atoms with Crippen LogP contribution in [0.1, 0.15) is 42.2 Å². The smallest absolute Gasteiger partial charge is 0.305 e. The number of ether oxygens (including phenoxy) is 4. The molecular weight excluding hydrogens is 390 g/mol. The van der Waals surface area contributed by atoms with Gasteiger partial charge in [0.2, 0.25) is 5.75 Å². The van der Waals surface area contributed by atoms with Crippen LogP contribution < -0.4 is 24.3 Å². The van der Waals surface area contributed by atoms with E-state index in [1.54, 1.807) is 24.3 Å². The van der Waals surface area contributed by atoms with Crippen LogP contribution in [0.2, 0.25) is 0 Å². The summed E-state index contributed by atoms with van der Waals surface area (Å²) < 4.78 is 21.4. The van der Waals surface area contributed by atoms with E-state index >= 15 is 0 Å². The van der Waals surface area contributed by atoms with Crippen LogP contribution >= 0.6 is 0 Å². The molecule has 2 aromatic carbocycles. The molecule has 2 N–H and O–H groups in total. The standard InChI is InChI=1S/C22H27NO7/c1-13(2)30-16-8-6-14(7-9-16)17(12-20(24)25)23-22(26)15-10-18(27-3)21(29-5)19(11-15)28-4/h6-11,13,17H,12H2,1-5H3,(H,23,26)(H,24,25). The highest BCUT2D eigenvalue weighted by Crippen LogP contribution is 2.38. The lowest BCUT2D eigenvalue weighted by Crippen LogP contribution is -2.30. The van der Waals surface area contributed by atoms with Crippen molar-refractivity contribution in [1.82, 2.24) is 5.32 Å². The Morgan fingerprint density at radius 2 is 1.53 bits per heavy atom. The van der Waals surface area contributed by atoms with E-state index in [-0.39, 0.29) is 18.1 Å². The molecule has 8 heteroatoms. The number of amides is 1. The minimum Gasteiger partial charge on any atom is -0.493 e. The van der Waals surface area contributed by atoms with Gasteiger partial charge >= 0.3 is 5.97 Å². The molecule has 8 nitrogen and oxygen atoms in total. The highest BCUT2D eigenvalue weighted by molar-refractivity contribution is 5.96. The lowest BCUT2D eigenvalue weighted by atomic mass is 10.0. The first-order chi connectivity index (χ1) is 14.3. The van der Waals surface area contributed by atoms with Gasteiger partial charge in [-0.2, -0.15) is 0 Å². The van der Waals surface area contributed by atoms with Crippen molar-refractivity contribution in [2.24, 2.45) is 0 Å². The molecule has 0 saturated carbocycles. The number of carbonyl (C=O) groups is 2. The molecule has 0 aliphatic carbocycles. The monoisotopic (exact) mass is 417 g/mol.